The van der Waals surface area contributed by atoms with Gasteiger partial charge in [-0.25, -0.2) is 4.79 Å². The Bertz CT molecular complexity index is 497. The van der Waals surface area contributed by atoms with E-state index < -0.39 is 5.97 Å². The number of amides is 1. The van der Waals surface area contributed by atoms with E-state index in [2.05, 4.69) is 23.9 Å². The molecule has 2 rings (SSSR count). The van der Waals surface area contributed by atoms with Gasteiger partial charge in [0.15, 0.2) is 0 Å². The molecule has 1 amide bonds. The van der Waals surface area contributed by atoms with Crippen molar-refractivity contribution in [2.75, 3.05) is 7.11 Å². The van der Waals surface area contributed by atoms with Gasteiger partial charge in [0.2, 0.25) is 0 Å². The number of rotatable bonds is 3. The van der Waals surface area contributed by atoms with Crippen molar-refractivity contribution >= 4 is 23.2 Å². The van der Waals surface area contributed by atoms with Gasteiger partial charge >= 0.3 is 5.97 Å². The zero-order chi connectivity index (χ0) is 14.7. The van der Waals surface area contributed by atoms with Crippen LogP contribution < -0.4 is 5.32 Å². The molecule has 1 aromatic rings. The van der Waals surface area contributed by atoms with Gasteiger partial charge in [-0.1, -0.05) is 26.7 Å². The van der Waals surface area contributed by atoms with Gasteiger partial charge in [0.25, 0.3) is 5.91 Å². The number of nitrogens with one attached hydrogen (secondary N) is 1. The first-order valence-electron chi connectivity index (χ1n) is 7.02. The van der Waals surface area contributed by atoms with E-state index in [1.807, 2.05) is 0 Å². The molecule has 4 nitrogen and oxygen atoms in total. The Morgan fingerprint density at radius 1 is 1.25 bits per heavy atom. The van der Waals surface area contributed by atoms with Gasteiger partial charge in [-0.3, -0.25) is 4.79 Å². The Labute approximate surface area is 123 Å². The highest BCUT2D eigenvalue weighted by molar-refractivity contribution is 7.15. The normalized spacial score (nSPS) is 26.1. The summed E-state index contributed by atoms with van der Waals surface area (Å²) < 4.78 is 4.65. The smallest absolute Gasteiger partial charge is 0.348 e. The minimum absolute atomic E-state index is 0.0869. The second kappa shape index (κ2) is 6.39. The summed E-state index contributed by atoms with van der Waals surface area (Å²) in [4.78, 5) is 24.7. The molecular formula is C15H21NO3S. The molecule has 1 fully saturated rings. The zero-order valence-corrected chi connectivity index (χ0v) is 13.0. The van der Waals surface area contributed by atoms with E-state index in [1.54, 1.807) is 12.1 Å². The number of ether oxygens (including phenoxy) is 1. The average molecular weight is 295 g/mol. The number of thiophene rings is 1. The third-order valence-corrected chi connectivity index (χ3v) is 5.30. The molecule has 1 heterocycles. The third kappa shape index (κ3) is 3.20. The van der Waals surface area contributed by atoms with Crippen LogP contribution >= 0.6 is 11.3 Å². The lowest BCUT2D eigenvalue weighted by molar-refractivity contribution is 0.0606. The highest BCUT2D eigenvalue weighted by Gasteiger charge is 2.28. The van der Waals surface area contributed by atoms with Gasteiger partial charge < -0.3 is 10.1 Å². The highest BCUT2D eigenvalue weighted by atomic mass is 32.1. The summed E-state index contributed by atoms with van der Waals surface area (Å²) in [6.07, 6.45) is 3.43. The molecule has 0 spiro atoms. The summed E-state index contributed by atoms with van der Waals surface area (Å²) >= 11 is 1.18. The van der Waals surface area contributed by atoms with Gasteiger partial charge in [0, 0.05) is 6.04 Å². The second-order valence-corrected chi connectivity index (χ2v) is 6.59. The fourth-order valence-corrected chi connectivity index (χ4v) is 3.52. The van der Waals surface area contributed by atoms with E-state index in [0.29, 0.717) is 21.6 Å². The van der Waals surface area contributed by atoms with E-state index in [4.69, 9.17) is 0 Å². The topological polar surface area (TPSA) is 55.4 Å². The Hall–Kier alpha value is -1.36. The first-order valence-corrected chi connectivity index (χ1v) is 7.83. The molecule has 0 aromatic carbocycles. The molecule has 1 N–H and O–H groups in total. The summed E-state index contributed by atoms with van der Waals surface area (Å²) in [5, 5.41) is 3.10. The Kier molecular flexibility index (Phi) is 4.81. The van der Waals surface area contributed by atoms with Crippen LogP contribution in [0.2, 0.25) is 0 Å². The summed E-state index contributed by atoms with van der Waals surface area (Å²) in [6, 6.07) is 3.55. The first-order chi connectivity index (χ1) is 9.52. The minimum Gasteiger partial charge on any atom is -0.465 e. The predicted molar refractivity (Wildman–Crippen MR) is 79.1 cm³/mol. The number of hydrogen-bond acceptors (Lipinski definition) is 4. The van der Waals surface area contributed by atoms with E-state index in [9.17, 15) is 9.59 Å². The van der Waals surface area contributed by atoms with E-state index in [-0.39, 0.29) is 11.9 Å². The predicted octanol–water partition coefficient (Wildman–Crippen LogP) is 3.09. The van der Waals surface area contributed by atoms with Crippen molar-refractivity contribution in [2.24, 2.45) is 11.8 Å². The van der Waals surface area contributed by atoms with Crippen molar-refractivity contribution in [3.63, 3.8) is 0 Å². The van der Waals surface area contributed by atoms with E-state index in [0.717, 1.165) is 12.8 Å². The van der Waals surface area contributed by atoms with Crippen LogP contribution in [-0.4, -0.2) is 25.0 Å². The standard InChI is InChI=1S/C15H21NO3S/c1-9-5-4-6-11(10(9)2)16-14(17)12-7-8-13(20-12)15(18)19-3/h7-11H,4-6H2,1-3H3,(H,16,17). The molecule has 110 valence electrons. The molecule has 0 aliphatic heterocycles. The quantitative estimate of drug-likeness (QED) is 0.872. The Balaban J connectivity index is 2.01. The Morgan fingerprint density at radius 2 is 1.95 bits per heavy atom. The number of esters is 1. The molecule has 0 radical (unpaired) electrons. The molecule has 0 saturated heterocycles. The summed E-state index contributed by atoms with van der Waals surface area (Å²) in [6.45, 7) is 4.44. The summed E-state index contributed by atoms with van der Waals surface area (Å²) in [7, 11) is 1.34. The number of methoxy groups -OCH3 is 1. The second-order valence-electron chi connectivity index (χ2n) is 5.50. The van der Waals surface area contributed by atoms with Gasteiger partial charge in [0.05, 0.1) is 12.0 Å². The van der Waals surface area contributed by atoms with Crippen LogP contribution in [0.5, 0.6) is 0 Å². The fraction of sp³-hybridized carbons (Fsp3) is 0.600. The van der Waals surface area contributed by atoms with E-state index >= 15 is 0 Å². The third-order valence-electron chi connectivity index (χ3n) is 4.24. The molecule has 3 unspecified atom stereocenters. The molecule has 3 atom stereocenters. The lowest BCUT2D eigenvalue weighted by atomic mass is 9.78. The Morgan fingerprint density at radius 3 is 2.65 bits per heavy atom. The lowest BCUT2D eigenvalue weighted by Gasteiger charge is -2.34. The molecule has 1 aromatic heterocycles. The lowest BCUT2D eigenvalue weighted by Crippen LogP contribution is -2.43. The molecule has 5 heteroatoms. The highest BCUT2D eigenvalue weighted by Crippen LogP contribution is 2.30. The molecule has 0 bridgehead atoms. The van der Waals surface area contributed by atoms with Crippen LogP contribution in [-0.2, 0) is 4.74 Å². The van der Waals surface area contributed by atoms with Crippen molar-refractivity contribution in [1.82, 2.24) is 5.32 Å². The zero-order valence-electron chi connectivity index (χ0n) is 12.1. The maximum absolute atomic E-state index is 12.2. The van der Waals surface area contributed by atoms with Crippen molar-refractivity contribution < 1.29 is 14.3 Å². The van der Waals surface area contributed by atoms with Crippen LogP contribution in [0.25, 0.3) is 0 Å². The largest absolute Gasteiger partial charge is 0.465 e. The van der Waals surface area contributed by atoms with Crippen molar-refractivity contribution in [3.8, 4) is 0 Å². The minimum atomic E-state index is -0.395. The van der Waals surface area contributed by atoms with Crippen LogP contribution in [0.3, 0.4) is 0 Å². The molecule has 1 aliphatic rings. The maximum atomic E-state index is 12.2. The number of carbonyl (C=O) groups excluding carboxylic acids is 2. The van der Waals surface area contributed by atoms with Gasteiger partial charge in [-0.2, -0.15) is 0 Å². The van der Waals surface area contributed by atoms with Crippen molar-refractivity contribution in [2.45, 2.75) is 39.2 Å². The average Bonchev–Trinajstić information content (AvgIpc) is 2.93. The van der Waals surface area contributed by atoms with Crippen LogP contribution in [0.1, 0.15) is 52.5 Å². The maximum Gasteiger partial charge on any atom is 0.348 e. The fourth-order valence-electron chi connectivity index (χ4n) is 2.70. The van der Waals surface area contributed by atoms with Gasteiger partial charge in [0.1, 0.15) is 4.88 Å². The van der Waals surface area contributed by atoms with E-state index in [1.165, 1.54) is 24.9 Å². The summed E-state index contributed by atoms with van der Waals surface area (Å²) in [5.74, 6) is 0.653. The molecule has 20 heavy (non-hydrogen) atoms. The number of hydrogen-bond donors (Lipinski definition) is 1. The summed E-state index contributed by atoms with van der Waals surface area (Å²) in [5.41, 5.74) is 0. The van der Waals surface area contributed by atoms with Crippen molar-refractivity contribution in [3.05, 3.63) is 21.9 Å². The number of carbonyl (C=O) groups is 2. The van der Waals surface area contributed by atoms with Gasteiger partial charge in [-0.15, -0.1) is 11.3 Å². The first kappa shape index (κ1) is 15.0. The van der Waals surface area contributed by atoms with Crippen LogP contribution in [0, 0.1) is 11.8 Å². The van der Waals surface area contributed by atoms with Crippen molar-refractivity contribution in [1.29, 1.82) is 0 Å². The van der Waals surface area contributed by atoms with Gasteiger partial charge in [-0.05, 0) is 30.4 Å². The van der Waals surface area contributed by atoms with Crippen LogP contribution in [0.15, 0.2) is 12.1 Å². The monoisotopic (exact) mass is 295 g/mol. The van der Waals surface area contributed by atoms with Crippen LogP contribution in [0.4, 0.5) is 0 Å². The molecule has 1 saturated carbocycles. The SMILES string of the molecule is COC(=O)c1ccc(C(=O)NC2CCCC(C)C2C)s1. The molecular weight excluding hydrogens is 274 g/mol. The molecule has 1 aliphatic carbocycles.